The highest BCUT2D eigenvalue weighted by atomic mass is 79.9. The number of rotatable bonds is 6. The van der Waals surface area contributed by atoms with Crippen LogP contribution >= 0.6 is 15.9 Å². The Balaban J connectivity index is 2.15. The molecule has 0 spiro atoms. The Morgan fingerprint density at radius 1 is 1.38 bits per heavy atom. The number of aryl methyl sites for hydroxylation is 2. The average Bonchev–Trinajstić information content (AvgIpc) is 2.72. The zero-order valence-electron chi connectivity index (χ0n) is 12.8. The molecule has 1 heterocycles. The van der Waals surface area contributed by atoms with E-state index in [1.165, 1.54) is 0 Å². The third kappa shape index (κ3) is 3.86. The van der Waals surface area contributed by atoms with Gasteiger partial charge in [0.1, 0.15) is 12.4 Å². The molecule has 0 radical (unpaired) electrons. The van der Waals surface area contributed by atoms with Gasteiger partial charge in [-0.15, -0.1) is 0 Å². The maximum atomic E-state index is 6.00. The molecule has 2 aromatic rings. The second kappa shape index (κ2) is 7.09. The topological polar surface area (TPSA) is 53.1 Å². The van der Waals surface area contributed by atoms with Gasteiger partial charge in [0.05, 0.1) is 15.9 Å². The van der Waals surface area contributed by atoms with Crippen LogP contribution in [-0.4, -0.2) is 15.8 Å². The zero-order chi connectivity index (χ0) is 15.4. The first-order chi connectivity index (χ1) is 10.0. The molecule has 114 valence electrons. The molecular formula is C16H22BrN3O. The molecule has 2 N–H and O–H groups in total. The maximum absolute atomic E-state index is 6.00. The Kier molecular flexibility index (Phi) is 5.42. The summed E-state index contributed by atoms with van der Waals surface area (Å²) in [6, 6.07) is 8.16. The predicted octanol–water partition coefficient (Wildman–Crippen LogP) is 3.21. The number of nitrogens with two attached hydrogens (primary N) is 1. The Labute approximate surface area is 134 Å². The largest absolute Gasteiger partial charge is 0.487 e. The van der Waals surface area contributed by atoms with Crippen molar-refractivity contribution in [2.24, 2.45) is 12.8 Å². The first-order valence-electron chi connectivity index (χ1n) is 7.19. The standard InChI is InChI=1S/C16H22BrN3O/c1-4-13-16(17)14(20(3)19-13)10-21-15-8-6-5-7-12(15)9-11(2)18/h5-8,11H,4,9-10,18H2,1-3H3. The molecular weight excluding hydrogens is 330 g/mol. The molecule has 2 rings (SSSR count). The number of benzene rings is 1. The maximum Gasteiger partial charge on any atom is 0.131 e. The van der Waals surface area contributed by atoms with Crippen LogP contribution in [0.25, 0.3) is 0 Å². The SMILES string of the molecule is CCc1nn(C)c(COc2ccccc2CC(C)N)c1Br. The first kappa shape index (κ1) is 16.0. The minimum Gasteiger partial charge on any atom is -0.487 e. The molecule has 0 aliphatic heterocycles. The van der Waals surface area contributed by atoms with Crippen molar-refractivity contribution in [2.75, 3.05) is 0 Å². The van der Waals surface area contributed by atoms with Gasteiger partial charge in [-0.2, -0.15) is 5.10 Å². The Morgan fingerprint density at radius 2 is 2.10 bits per heavy atom. The minimum atomic E-state index is 0.116. The molecule has 0 amide bonds. The number of aromatic nitrogens is 2. The van der Waals surface area contributed by atoms with Crippen molar-refractivity contribution in [2.45, 2.75) is 39.3 Å². The van der Waals surface area contributed by atoms with E-state index in [1.807, 2.05) is 36.9 Å². The van der Waals surface area contributed by atoms with E-state index in [2.05, 4.69) is 34.0 Å². The van der Waals surface area contributed by atoms with Crippen molar-refractivity contribution in [3.63, 3.8) is 0 Å². The summed E-state index contributed by atoms with van der Waals surface area (Å²) in [4.78, 5) is 0. The summed E-state index contributed by atoms with van der Waals surface area (Å²) < 4.78 is 8.91. The van der Waals surface area contributed by atoms with Crippen LogP contribution in [-0.2, 0) is 26.5 Å². The highest BCUT2D eigenvalue weighted by molar-refractivity contribution is 9.10. The number of hydrogen-bond donors (Lipinski definition) is 1. The summed E-state index contributed by atoms with van der Waals surface area (Å²) in [6.07, 6.45) is 1.71. The number of ether oxygens (including phenoxy) is 1. The van der Waals surface area contributed by atoms with Gasteiger partial charge in [-0.3, -0.25) is 4.68 Å². The molecule has 21 heavy (non-hydrogen) atoms. The van der Waals surface area contributed by atoms with Crippen molar-refractivity contribution in [3.8, 4) is 5.75 Å². The third-order valence-electron chi connectivity index (χ3n) is 3.38. The second-order valence-electron chi connectivity index (χ2n) is 5.26. The van der Waals surface area contributed by atoms with Gasteiger partial charge in [-0.1, -0.05) is 25.1 Å². The van der Waals surface area contributed by atoms with Gasteiger partial charge in [0, 0.05) is 13.1 Å². The summed E-state index contributed by atoms with van der Waals surface area (Å²) in [5, 5.41) is 4.48. The van der Waals surface area contributed by atoms with Gasteiger partial charge in [0.15, 0.2) is 0 Å². The number of hydrogen-bond acceptors (Lipinski definition) is 3. The van der Waals surface area contributed by atoms with E-state index < -0.39 is 0 Å². The fraction of sp³-hybridized carbons (Fsp3) is 0.438. The normalized spacial score (nSPS) is 12.4. The molecule has 1 unspecified atom stereocenters. The summed E-state index contributed by atoms with van der Waals surface area (Å²) in [5.41, 5.74) is 9.13. The number of nitrogens with zero attached hydrogens (tertiary/aromatic N) is 2. The van der Waals surface area contributed by atoms with Crippen molar-refractivity contribution in [1.82, 2.24) is 9.78 Å². The molecule has 0 fully saturated rings. The van der Waals surface area contributed by atoms with E-state index in [1.54, 1.807) is 0 Å². The number of para-hydroxylation sites is 1. The van der Waals surface area contributed by atoms with Crippen LogP contribution in [0.15, 0.2) is 28.7 Å². The van der Waals surface area contributed by atoms with Crippen molar-refractivity contribution in [1.29, 1.82) is 0 Å². The molecule has 0 bridgehead atoms. The van der Waals surface area contributed by atoms with Crippen LogP contribution < -0.4 is 10.5 Å². The van der Waals surface area contributed by atoms with Crippen LogP contribution in [0.2, 0.25) is 0 Å². The quantitative estimate of drug-likeness (QED) is 0.869. The highest BCUT2D eigenvalue weighted by Crippen LogP contribution is 2.25. The smallest absolute Gasteiger partial charge is 0.131 e. The van der Waals surface area contributed by atoms with E-state index in [4.69, 9.17) is 10.5 Å². The van der Waals surface area contributed by atoms with Gasteiger partial charge in [-0.25, -0.2) is 0 Å². The van der Waals surface area contributed by atoms with Crippen molar-refractivity contribution in [3.05, 3.63) is 45.7 Å². The summed E-state index contributed by atoms with van der Waals surface area (Å²) in [6.45, 7) is 4.58. The zero-order valence-corrected chi connectivity index (χ0v) is 14.4. The van der Waals surface area contributed by atoms with Gasteiger partial charge in [0.2, 0.25) is 0 Å². The van der Waals surface area contributed by atoms with E-state index >= 15 is 0 Å². The predicted molar refractivity (Wildman–Crippen MR) is 88.4 cm³/mol. The molecule has 1 aromatic heterocycles. The lowest BCUT2D eigenvalue weighted by atomic mass is 10.1. The van der Waals surface area contributed by atoms with Crippen molar-refractivity contribution < 1.29 is 4.74 Å². The molecule has 1 aromatic carbocycles. The van der Waals surface area contributed by atoms with Gasteiger partial charge >= 0.3 is 0 Å². The fourth-order valence-corrected chi connectivity index (χ4v) is 3.01. The minimum absolute atomic E-state index is 0.116. The van der Waals surface area contributed by atoms with E-state index in [0.717, 1.165) is 40.0 Å². The molecule has 0 aliphatic rings. The second-order valence-corrected chi connectivity index (χ2v) is 6.06. The Morgan fingerprint density at radius 3 is 2.71 bits per heavy atom. The van der Waals surface area contributed by atoms with Crippen LogP contribution in [0, 0.1) is 0 Å². The first-order valence-corrected chi connectivity index (χ1v) is 7.98. The van der Waals surface area contributed by atoms with E-state index in [0.29, 0.717) is 6.61 Å². The molecule has 0 saturated carbocycles. The van der Waals surface area contributed by atoms with Crippen LogP contribution in [0.4, 0.5) is 0 Å². The van der Waals surface area contributed by atoms with Gasteiger partial charge in [-0.05, 0) is 47.3 Å². The lowest BCUT2D eigenvalue weighted by molar-refractivity contribution is 0.290. The molecule has 4 nitrogen and oxygen atoms in total. The molecule has 0 saturated heterocycles. The van der Waals surface area contributed by atoms with E-state index in [-0.39, 0.29) is 6.04 Å². The average molecular weight is 352 g/mol. The lowest BCUT2D eigenvalue weighted by Crippen LogP contribution is -2.18. The third-order valence-corrected chi connectivity index (χ3v) is 4.30. The van der Waals surface area contributed by atoms with Crippen LogP contribution in [0.3, 0.4) is 0 Å². The molecule has 1 atom stereocenters. The highest BCUT2D eigenvalue weighted by Gasteiger charge is 2.14. The van der Waals surface area contributed by atoms with Crippen molar-refractivity contribution >= 4 is 15.9 Å². The van der Waals surface area contributed by atoms with Crippen LogP contribution in [0.5, 0.6) is 5.75 Å². The lowest BCUT2D eigenvalue weighted by Gasteiger charge is -2.13. The Bertz CT molecular complexity index is 608. The Hall–Kier alpha value is -1.33. The monoisotopic (exact) mass is 351 g/mol. The molecule has 5 heteroatoms. The molecule has 0 aliphatic carbocycles. The number of halogens is 1. The summed E-state index contributed by atoms with van der Waals surface area (Å²) >= 11 is 3.61. The van der Waals surface area contributed by atoms with Gasteiger partial charge in [0.25, 0.3) is 0 Å². The van der Waals surface area contributed by atoms with E-state index in [9.17, 15) is 0 Å². The summed E-state index contributed by atoms with van der Waals surface area (Å²) in [7, 11) is 1.94. The van der Waals surface area contributed by atoms with Gasteiger partial charge < -0.3 is 10.5 Å². The van der Waals surface area contributed by atoms with Crippen LogP contribution in [0.1, 0.15) is 30.8 Å². The summed E-state index contributed by atoms with van der Waals surface area (Å²) in [5.74, 6) is 0.890. The fourth-order valence-electron chi connectivity index (χ4n) is 2.28.